The van der Waals surface area contributed by atoms with Crippen LogP contribution in [0.25, 0.3) is 11.0 Å². The predicted molar refractivity (Wildman–Crippen MR) is 124 cm³/mol. The molecule has 0 radical (unpaired) electrons. The first-order valence-electron chi connectivity index (χ1n) is 10.4. The minimum atomic E-state index is 0.505. The molecule has 3 heterocycles. The quantitative estimate of drug-likeness (QED) is 0.510. The van der Waals surface area contributed by atoms with Gasteiger partial charge in [0.05, 0.1) is 24.2 Å². The largest absolute Gasteiger partial charge is 0.378 e. The molecule has 2 aromatic heterocycles. The highest BCUT2D eigenvalue weighted by atomic mass is 16.5. The number of fused-ring (bicyclic) bond motifs is 1. The Morgan fingerprint density at radius 3 is 2.45 bits per heavy atom. The zero-order valence-electron chi connectivity index (χ0n) is 17.7. The van der Waals surface area contributed by atoms with Gasteiger partial charge in [0.15, 0.2) is 0 Å². The average Bonchev–Trinajstić information content (AvgIpc) is 3.10. The number of hydrogen-bond donors (Lipinski definition) is 2. The minimum absolute atomic E-state index is 0.505. The SMILES string of the molecule is Cc1cc(Nc2ccc(N3CCOCC3)cc2)nc(Nc2nc3ccccc3n2C)n1. The van der Waals surface area contributed by atoms with Crippen molar-refractivity contribution in [2.45, 2.75) is 6.92 Å². The molecule has 4 aromatic rings. The summed E-state index contributed by atoms with van der Waals surface area (Å²) in [7, 11) is 1.97. The molecular weight excluding hydrogens is 390 g/mol. The van der Waals surface area contributed by atoms with E-state index in [0.717, 1.165) is 54.5 Å². The number of hydrogen-bond acceptors (Lipinski definition) is 7. The molecule has 2 N–H and O–H groups in total. The number of anilines is 5. The van der Waals surface area contributed by atoms with Crippen LogP contribution < -0.4 is 15.5 Å². The smallest absolute Gasteiger partial charge is 0.231 e. The molecule has 1 saturated heterocycles. The van der Waals surface area contributed by atoms with E-state index in [0.29, 0.717) is 11.9 Å². The van der Waals surface area contributed by atoms with E-state index < -0.39 is 0 Å². The van der Waals surface area contributed by atoms with Crippen molar-refractivity contribution in [3.05, 3.63) is 60.3 Å². The number of rotatable bonds is 5. The summed E-state index contributed by atoms with van der Waals surface area (Å²) in [5.41, 5.74) is 5.03. The summed E-state index contributed by atoms with van der Waals surface area (Å²) >= 11 is 0. The molecule has 1 fully saturated rings. The maximum Gasteiger partial charge on any atom is 0.231 e. The Balaban J connectivity index is 1.34. The van der Waals surface area contributed by atoms with E-state index in [1.807, 2.05) is 48.9 Å². The third-order valence-electron chi connectivity index (χ3n) is 5.38. The molecule has 0 atom stereocenters. The number of imidazole rings is 1. The third-order valence-corrected chi connectivity index (χ3v) is 5.38. The number of nitrogens with zero attached hydrogens (tertiary/aromatic N) is 5. The fourth-order valence-corrected chi connectivity index (χ4v) is 3.77. The molecule has 2 aromatic carbocycles. The highest BCUT2D eigenvalue weighted by Crippen LogP contribution is 2.24. The Hall–Kier alpha value is -3.65. The fourth-order valence-electron chi connectivity index (χ4n) is 3.77. The van der Waals surface area contributed by atoms with Crippen LogP contribution in [0.1, 0.15) is 5.69 Å². The Morgan fingerprint density at radius 2 is 1.68 bits per heavy atom. The zero-order valence-corrected chi connectivity index (χ0v) is 17.7. The van der Waals surface area contributed by atoms with E-state index in [4.69, 9.17) is 4.74 Å². The second-order valence-corrected chi connectivity index (χ2v) is 7.60. The number of benzene rings is 2. The minimum Gasteiger partial charge on any atom is -0.378 e. The fraction of sp³-hybridized carbons (Fsp3) is 0.261. The second kappa shape index (κ2) is 8.23. The number of morpholine rings is 1. The van der Waals surface area contributed by atoms with E-state index in [1.54, 1.807) is 0 Å². The maximum absolute atomic E-state index is 5.43. The summed E-state index contributed by atoms with van der Waals surface area (Å²) < 4.78 is 7.43. The highest BCUT2D eigenvalue weighted by Gasteiger charge is 2.12. The molecule has 1 aliphatic rings. The van der Waals surface area contributed by atoms with Crippen molar-refractivity contribution in [3.8, 4) is 0 Å². The molecule has 0 spiro atoms. The van der Waals surface area contributed by atoms with Gasteiger partial charge in [0, 0.05) is 43.3 Å². The number of nitrogens with one attached hydrogen (secondary N) is 2. The van der Waals surface area contributed by atoms with Crippen LogP contribution in [0.4, 0.5) is 29.1 Å². The van der Waals surface area contributed by atoms with Crippen LogP contribution in [0.15, 0.2) is 54.6 Å². The van der Waals surface area contributed by atoms with Crippen LogP contribution in [0, 0.1) is 6.92 Å². The van der Waals surface area contributed by atoms with Gasteiger partial charge in [0.2, 0.25) is 11.9 Å². The van der Waals surface area contributed by atoms with Gasteiger partial charge in [0.1, 0.15) is 5.82 Å². The molecule has 0 amide bonds. The van der Waals surface area contributed by atoms with Crippen LogP contribution in [0.3, 0.4) is 0 Å². The van der Waals surface area contributed by atoms with Gasteiger partial charge in [-0.05, 0) is 43.3 Å². The lowest BCUT2D eigenvalue weighted by Gasteiger charge is -2.28. The lowest BCUT2D eigenvalue weighted by Crippen LogP contribution is -2.36. The van der Waals surface area contributed by atoms with Gasteiger partial charge in [-0.3, -0.25) is 5.32 Å². The first-order chi connectivity index (χ1) is 15.2. The van der Waals surface area contributed by atoms with E-state index in [-0.39, 0.29) is 0 Å². The Labute approximate surface area is 180 Å². The van der Waals surface area contributed by atoms with E-state index in [9.17, 15) is 0 Å². The monoisotopic (exact) mass is 415 g/mol. The Kier molecular flexibility index (Phi) is 5.13. The summed E-state index contributed by atoms with van der Waals surface area (Å²) in [4.78, 5) is 16.1. The lowest BCUT2D eigenvalue weighted by atomic mass is 10.2. The van der Waals surface area contributed by atoms with Gasteiger partial charge in [0.25, 0.3) is 0 Å². The topological polar surface area (TPSA) is 80.1 Å². The molecule has 158 valence electrons. The summed E-state index contributed by atoms with van der Waals surface area (Å²) in [5, 5.41) is 6.63. The summed E-state index contributed by atoms with van der Waals surface area (Å²) in [6.45, 7) is 5.36. The number of ether oxygens (including phenoxy) is 1. The first-order valence-corrected chi connectivity index (χ1v) is 10.4. The molecule has 0 bridgehead atoms. The van der Waals surface area contributed by atoms with Gasteiger partial charge in [-0.15, -0.1) is 0 Å². The molecule has 1 aliphatic heterocycles. The molecule has 5 rings (SSSR count). The number of aromatic nitrogens is 4. The van der Waals surface area contributed by atoms with Crippen LogP contribution in [-0.4, -0.2) is 45.8 Å². The van der Waals surface area contributed by atoms with Gasteiger partial charge < -0.3 is 19.5 Å². The van der Waals surface area contributed by atoms with E-state index >= 15 is 0 Å². The lowest BCUT2D eigenvalue weighted by molar-refractivity contribution is 0.122. The molecule has 0 saturated carbocycles. The van der Waals surface area contributed by atoms with Gasteiger partial charge in [-0.2, -0.15) is 4.98 Å². The predicted octanol–water partition coefficient (Wildman–Crippen LogP) is 4.00. The van der Waals surface area contributed by atoms with E-state index in [2.05, 4.69) is 54.8 Å². The van der Waals surface area contributed by atoms with Crippen molar-refractivity contribution >= 4 is 40.1 Å². The zero-order chi connectivity index (χ0) is 21.2. The summed E-state index contributed by atoms with van der Waals surface area (Å²) in [6, 6.07) is 18.3. The second-order valence-electron chi connectivity index (χ2n) is 7.60. The van der Waals surface area contributed by atoms with Gasteiger partial charge in [-0.25, -0.2) is 9.97 Å². The van der Waals surface area contributed by atoms with Gasteiger partial charge >= 0.3 is 0 Å². The molecule has 8 heteroatoms. The summed E-state index contributed by atoms with van der Waals surface area (Å²) in [6.07, 6.45) is 0. The maximum atomic E-state index is 5.43. The van der Waals surface area contributed by atoms with Crippen molar-refractivity contribution in [2.75, 3.05) is 41.8 Å². The normalized spacial score (nSPS) is 14.1. The van der Waals surface area contributed by atoms with Crippen molar-refractivity contribution < 1.29 is 4.74 Å². The number of aryl methyl sites for hydroxylation is 2. The van der Waals surface area contributed by atoms with E-state index in [1.165, 1.54) is 5.69 Å². The molecule has 0 aliphatic carbocycles. The van der Waals surface area contributed by atoms with Crippen molar-refractivity contribution in [3.63, 3.8) is 0 Å². The Bertz CT molecular complexity index is 1200. The standard InChI is InChI=1S/C23H25N7O/c1-16-15-21(25-17-7-9-18(10-8-17)30-11-13-31-14-12-30)27-22(24-16)28-23-26-19-5-3-4-6-20(19)29(23)2/h3-10,15H,11-14H2,1-2H3,(H2,24,25,26,27,28). The van der Waals surface area contributed by atoms with Gasteiger partial charge in [-0.1, -0.05) is 12.1 Å². The summed E-state index contributed by atoms with van der Waals surface area (Å²) in [5.74, 6) is 1.94. The van der Waals surface area contributed by atoms with Crippen LogP contribution in [-0.2, 0) is 11.8 Å². The third kappa shape index (κ3) is 4.15. The number of para-hydroxylation sites is 2. The van der Waals surface area contributed by atoms with Crippen molar-refractivity contribution in [2.24, 2.45) is 7.05 Å². The van der Waals surface area contributed by atoms with Crippen molar-refractivity contribution in [1.29, 1.82) is 0 Å². The van der Waals surface area contributed by atoms with Crippen LogP contribution >= 0.6 is 0 Å². The van der Waals surface area contributed by atoms with Crippen LogP contribution in [0.2, 0.25) is 0 Å². The molecule has 8 nitrogen and oxygen atoms in total. The molecule has 0 unspecified atom stereocenters. The molecule has 31 heavy (non-hydrogen) atoms. The average molecular weight is 416 g/mol. The molecular formula is C23H25N7O. The first kappa shape index (κ1) is 19.3. The van der Waals surface area contributed by atoms with Crippen LogP contribution in [0.5, 0.6) is 0 Å². The highest BCUT2D eigenvalue weighted by molar-refractivity contribution is 5.79. The van der Waals surface area contributed by atoms with Crippen molar-refractivity contribution in [1.82, 2.24) is 19.5 Å². The Morgan fingerprint density at radius 1 is 0.903 bits per heavy atom.